The summed E-state index contributed by atoms with van der Waals surface area (Å²) in [4.78, 5) is 4.15. The van der Waals surface area contributed by atoms with Crippen LogP contribution in [0.3, 0.4) is 0 Å². The molecule has 1 heterocycles. The highest BCUT2D eigenvalue weighted by molar-refractivity contribution is 5.37. The molecule has 0 amide bonds. The monoisotopic (exact) mass is 211 g/mol. The Kier molecular flexibility index (Phi) is 5.50. The molecule has 0 saturated heterocycles. The summed E-state index contributed by atoms with van der Waals surface area (Å²) in [5.41, 5.74) is 5.28. The minimum absolute atomic E-state index is 0.556. The first-order valence-corrected chi connectivity index (χ1v) is 4.88. The van der Waals surface area contributed by atoms with Gasteiger partial charge >= 0.3 is 0 Å². The molecule has 0 aliphatic rings. The lowest BCUT2D eigenvalue weighted by molar-refractivity contribution is 0.151. The van der Waals surface area contributed by atoms with Gasteiger partial charge in [-0.3, -0.25) is 0 Å². The van der Waals surface area contributed by atoms with Gasteiger partial charge in [-0.2, -0.15) is 0 Å². The van der Waals surface area contributed by atoms with E-state index >= 15 is 0 Å². The average Bonchev–Trinajstić information content (AvgIpc) is 2.30. The molecule has 0 bridgehead atoms. The SMILES string of the molecule is COc1ccc(NCCOCCN)nc1. The number of nitrogens with zero attached hydrogens (tertiary/aromatic N) is 1. The lowest BCUT2D eigenvalue weighted by Crippen LogP contribution is -2.14. The van der Waals surface area contributed by atoms with E-state index in [-0.39, 0.29) is 0 Å². The summed E-state index contributed by atoms with van der Waals surface area (Å²) < 4.78 is 10.2. The van der Waals surface area contributed by atoms with E-state index < -0.39 is 0 Å². The molecule has 0 aromatic carbocycles. The number of aromatic nitrogens is 1. The summed E-state index contributed by atoms with van der Waals surface area (Å²) in [6.07, 6.45) is 1.67. The molecule has 5 heteroatoms. The Morgan fingerprint density at radius 1 is 1.40 bits per heavy atom. The lowest BCUT2D eigenvalue weighted by atomic mass is 10.4. The van der Waals surface area contributed by atoms with Crippen molar-refractivity contribution in [3.05, 3.63) is 18.3 Å². The van der Waals surface area contributed by atoms with Crippen molar-refractivity contribution >= 4 is 5.82 Å². The second kappa shape index (κ2) is 7.03. The van der Waals surface area contributed by atoms with E-state index in [0.29, 0.717) is 19.8 Å². The molecule has 0 aliphatic heterocycles. The van der Waals surface area contributed by atoms with E-state index in [4.69, 9.17) is 15.2 Å². The van der Waals surface area contributed by atoms with Gasteiger partial charge in [0.05, 0.1) is 26.5 Å². The van der Waals surface area contributed by atoms with Crippen LogP contribution in [0.1, 0.15) is 0 Å². The quantitative estimate of drug-likeness (QED) is 0.642. The van der Waals surface area contributed by atoms with Gasteiger partial charge in [0.25, 0.3) is 0 Å². The zero-order chi connectivity index (χ0) is 10.9. The van der Waals surface area contributed by atoms with Gasteiger partial charge in [-0.05, 0) is 12.1 Å². The number of nitrogens with one attached hydrogen (secondary N) is 1. The molecule has 15 heavy (non-hydrogen) atoms. The maximum Gasteiger partial charge on any atom is 0.137 e. The van der Waals surface area contributed by atoms with Crippen LogP contribution in [0.5, 0.6) is 5.75 Å². The minimum Gasteiger partial charge on any atom is -0.495 e. The molecule has 0 spiro atoms. The van der Waals surface area contributed by atoms with Crippen LogP contribution in [-0.4, -0.2) is 38.4 Å². The van der Waals surface area contributed by atoms with Gasteiger partial charge in [-0.1, -0.05) is 0 Å². The summed E-state index contributed by atoms with van der Waals surface area (Å²) >= 11 is 0. The Morgan fingerprint density at radius 2 is 2.27 bits per heavy atom. The maximum atomic E-state index is 5.28. The van der Waals surface area contributed by atoms with Crippen molar-refractivity contribution < 1.29 is 9.47 Å². The predicted octanol–water partition coefficient (Wildman–Crippen LogP) is 0.477. The third-order valence-electron chi connectivity index (χ3n) is 1.79. The van der Waals surface area contributed by atoms with Gasteiger partial charge in [0.1, 0.15) is 11.6 Å². The highest BCUT2D eigenvalue weighted by Crippen LogP contribution is 2.10. The van der Waals surface area contributed by atoms with Crippen LogP contribution in [0.2, 0.25) is 0 Å². The zero-order valence-electron chi connectivity index (χ0n) is 8.90. The first-order valence-electron chi connectivity index (χ1n) is 4.88. The summed E-state index contributed by atoms with van der Waals surface area (Å²) in [6.45, 7) is 2.50. The second-order valence-corrected chi connectivity index (χ2v) is 2.91. The Labute approximate surface area is 89.6 Å². The fourth-order valence-electron chi connectivity index (χ4n) is 1.04. The molecule has 3 N–H and O–H groups in total. The van der Waals surface area contributed by atoms with Gasteiger partial charge in [-0.15, -0.1) is 0 Å². The molecular formula is C10H17N3O2. The van der Waals surface area contributed by atoms with Gasteiger partial charge in [-0.25, -0.2) is 4.98 Å². The topological polar surface area (TPSA) is 69.4 Å². The van der Waals surface area contributed by atoms with Crippen LogP contribution >= 0.6 is 0 Å². The van der Waals surface area contributed by atoms with Crippen LogP contribution in [0, 0.1) is 0 Å². The lowest BCUT2D eigenvalue weighted by Gasteiger charge is -2.06. The van der Waals surface area contributed by atoms with Crippen molar-refractivity contribution in [3.8, 4) is 5.75 Å². The van der Waals surface area contributed by atoms with Gasteiger partial charge in [0.15, 0.2) is 0 Å². The number of nitrogens with two attached hydrogens (primary N) is 1. The number of rotatable bonds is 7. The summed E-state index contributed by atoms with van der Waals surface area (Å²) in [6, 6.07) is 3.72. The van der Waals surface area contributed by atoms with E-state index in [0.717, 1.165) is 18.1 Å². The van der Waals surface area contributed by atoms with Crippen molar-refractivity contribution in [1.82, 2.24) is 4.98 Å². The fraction of sp³-hybridized carbons (Fsp3) is 0.500. The van der Waals surface area contributed by atoms with Crippen molar-refractivity contribution in [2.75, 3.05) is 38.7 Å². The maximum absolute atomic E-state index is 5.28. The first kappa shape index (κ1) is 11.7. The number of pyridine rings is 1. The smallest absolute Gasteiger partial charge is 0.137 e. The largest absolute Gasteiger partial charge is 0.495 e. The van der Waals surface area contributed by atoms with Crippen molar-refractivity contribution in [3.63, 3.8) is 0 Å². The van der Waals surface area contributed by atoms with Crippen molar-refractivity contribution in [2.24, 2.45) is 5.73 Å². The third kappa shape index (κ3) is 4.62. The van der Waals surface area contributed by atoms with Crippen LogP contribution in [0.4, 0.5) is 5.82 Å². The molecule has 5 nitrogen and oxygen atoms in total. The van der Waals surface area contributed by atoms with E-state index in [9.17, 15) is 0 Å². The van der Waals surface area contributed by atoms with Gasteiger partial charge in [0.2, 0.25) is 0 Å². The standard InChI is InChI=1S/C10H17N3O2/c1-14-9-2-3-10(13-8-9)12-5-7-15-6-4-11/h2-3,8H,4-7,11H2,1H3,(H,12,13). The Balaban J connectivity index is 2.20. The molecule has 0 fully saturated rings. The Hall–Kier alpha value is -1.33. The molecular weight excluding hydrogens is 194 g/mol. The molecule has 0 radical (unpaired) electrons. The molecule has 0 unspecified atom stereocenters. The normalized spacial score (nSPS) is 10.0. The molecule has 0 aliphatic carbocycles. The molecule has 0 saturated carbocycles. The third-order valence-corrected chi connectivity index (χ3v) is 1.79. The number of anilines is 1. The van der Waals surface area contributed by atoms with Crippen molar-refractivity contribution in [1.29, 1.82) is 0 Å². The van der Waals surface area contributed by atoms with E-state index in [2.05, 4.69) is 10.3 Å². The predicted molar refractivity (Wildman–Crippen MR) is 59.2 cm³/mol. The highest BCUT2D eigenvalue weighted by Gasteiger charge is 1.94. The summed E-state index contributed by atoms with van der Waals surface area (Å²) in [5, 5.41) is 3.12. The fourth-order valence-corrected chi connectivity index (χ4v) is 1.04. The number of hydrogen-bond donors (Lipinski definition) is 2. The van der Waals surface area contributed by atoms with Crippen LogP contribution in [0.15, 0.2) is 18.3 Å². The first-order chi connectivity index (χ1) is 7.36. The molecule has 1 aromatic rings. The number of hydrogen-bond acceptors (Lipinski definition) is 5. The molecule has 1 rings (SSSR count). The van der Waals surface area contributed by atoms with E-state index in [1.54, 1.807) is 13.3 Å². The Bertz CT molecular complexity index is 264. The highest BCUT2D eigenvalue weighted by atomic mass is 16.5. The Morgan fingerprint density at radius 3 is 2.87 bits per heavy atom. The van der Waals surface area contributed by atoms with Gasteiger partial charge in [0, 0.05) is 13.1 Å². The summed E-state index contributed by atoms with van der Waals surface area (Å²) in [7, 11) is 1.62. The average molecular weight is 211 g/mol. The van der Waals surface area contributed by atoms with Crippen LogP contribution in [0.25, 0.3) is 0 Å². The van der Waals surface area contributed by atoms with Crippen LogP contribution < -0.4 is 15.8 Å². The summed E-state index contributed by atoms with van der Waals surface area (Å²) in [5.74, 6) is 1.56. The van der Waals surface area contributed by atoms with Crippen molar-refractivity contribution in [2.45, 2.75) is 0 Å². The molecule has 84 valence electrons. The second-order valence-electron chi connectivity index (χ2n) is 2.91. The van der Waals surface area contributed by atoms with E-state index in [1.165, 1.54) is 0 Å². The van der Waals surface area contributed by atoms with Crippen LogP contribution in [-0.2, 0) is 4.74 Å². The van der Waals surface area contributed by atoms with E-state index in [1.807, 2.05) is 12.1 Å². The molecule has 1 aromatic heterocycles. The number of ether oxygens (including phenoxy) is 2. The molecule has 0 atom stereocenters. The van der Waals surface area contributed by atoms with Gasteiger partial charge < -0.3 is 20.5 Å². The zero-order valence-corrected chi connectivity index (χ0v) is 8.90. The minimum atomic E-state index is 0.556. The number of methoxy groups -OCH3 is 1.